The summed E-state index contributed by atoms with van der Waals surface area (Å²) in [6.07, 6.45) is 3.36. The van der Waals surface area contributed by atoms with Crippen LogP contribution in [0, 0.1) is 5.92 Å². The molecule has 0 aliphatic heterocycles. The molecular weight excluding hydrogens is 150 g/mol. The van der Waals surface area contributed by atoms with Gasteiger partial charge in [0.05, 0.1) is 6.10 Å². The SMILES string of the molecule is CCC(O)CNC(C)(C)C1CC1. The molecule has 0 aromatic rings. The molecule has 1 saturated carbocycles. The average Bonchev–Trinajstić information content (AvgIpc) is 2.82. The molecule has 1 aliphatic carbocycles. The summed E-state index contributed by atoms with van der Waals surface area (Å²) in [6.45, 7) is 7.20. The minimum Gasteiger partial charge on any atom is -0.392 e. The number of nitrogens with one attached hydrogen (secondary N) is 1. The number of β-amino-alcohol motifs (C(OH)–C–C–N with tert-alkyl or cyclic N) is 1. The van der Waals surface area contributed by atoms with Gasteiger partial charge >= 0.3 is 0 Å². The molecule has 72 valence electrons. The van der Waals surface area contributed by atoms with Gasteiger partial charge in [0.1, 0.15) is 0 Å². The van der Waals surface area contributed by atoms with E-state index in [1.807, 2.05) is 6.92 Å². The van der Waals surface area contributed by atoms with Gasteiger partial charge in [-0.1, -0.05) is 6.92 Å². The van der Waals surface area contributed by atoms with E-state index in [9.17, 15) is 5.11 Å². The first-order valence-electron chi connectivity index (χ1n) is 4.99. The van der Waals surface area contributed by atoms with Crippen LogP contribution in [-0.4, -0.2) is 23.3 Å². The van der Waals surface area contributed by atoms with Crippen LogP contribution in [-0.2, 0) is 0 Å². The minimum atomic E-state index is -0.178. The molecule has 2 heteroatoms. The Balaban J connectivity index is 2.20. The van der Waals surface area contributed by atoms with E-state index in [1.54, 1.807) is 0 Å². The highest BCUT2D eigenvalue weighted by Crippen LogP contribution is 2.39. The van der Waals surface area contributed by atoms with Crippen LogP contribution in [0.3, 0.4) is 0 Å². The Morgan fingerprint density at radius 2 is 2.08 bits per heavy atom. The Kier molecular flexibility index (Phi) is 3.13. The molecule has 0 radical (unpaired) electrons. The molecule has 0 saturated heterocycles. The van der Waals surface area contributed by atoms with Gasteiger partial charge in [-0.3, -0.25) is 0 Å². The lowest BCUT2D eigenvalue weighted by molar-refractivity contribution is 0.151. The lowest BCUT2D eigenvalue weighted by Crippen LogP contribution is -2.44. The molecule has 2 N–H and O–H groups in total. The van der Waals surface area contributed by atoms with Crippen LogP contribution in [0.1, 0.15) is 40.0 Å². The number of hydrogen-bond acceptors (Lipinski definition) is 2. The van der Waals surface area contributed by atoms with Crippen molar-refractivity contribution >= 4 is 0 Å². The zero-order valence-electron chi connectivity index (χ0n) is 8.43. The van der Waals surface area contributed by atoms with E-state index in [-0.39, 0.29) is 11.6 Å². The standard InChI is InChI=1S/C10H21NO/c1-4-9(12)7-11-10(2,3)8-5-6-8/h8-9,11-12H,4-7H2,1-3H3. The molecule has 0 heterocycles. The van der Waals surface area contributed by atoms with Gasteiger partial charge in [0, 0.05) is 12.1 Å². The van der Waals surface area contributed by atoms with E-state index in [4.69, 9.17) is 0 Å². The van der Waals surface area contributed by atoms with Crippen molar-refractivity contribution in [1.29, 1.82) is 0 Å². The van der Waals surface area contributed by atoms with Crippen molar-refractivity contribution in [2.75, 3.05) is 6.54 Å². The fourth-order valence-electron chi connectivity index (χ4n) is 1.47. The van der Waals surface area contributed by atoms with E-state index >= 15 is 0 Å². The lowest BCUT2D eigenvalue weighted by Gasteiger charge is -2.27. The monoisotopic (exact) mass is 171 g/mol. The Morgan fingerprint density at radius 3 is 2.50 bits per heavy atom. The zero-order valence-corrected chi connectivity index (χ0v) is 8.43. The second kappa shape index (κ2) is 3.75. The maximum Gasteiger partial charge on any atom is 0.0662 e. The first kappa shape index (κ1) is 10.0. The van der Waals surface area contributed by atoms with E-state index in [1.165, 1.54) is 12.8 Å². The van der Waals surface area contributed by atoms with Gasteiger partial charge in [-0.25, -0.2) is 0 Å². The highest BCUT2D eigenvalue weighted by molar-refractivity contribution is 4.94. The summed E-state index contributed by atoms with van der Waals surface area (Å²) in [5, 5.41) is 12.8. The predicted octanol–water partition coefficient (Wildman–Crippen LogP) is 1.54. The number of aliphatic hydroxyl groups is 1. The van der Waals surface area contributed by atoms with Crippen molar-refractivity contribution in [3.8, 4) is 0 Å². The third kappa shape index (κ3) is 2.76. The second-order valence-electron chi connectivity index (χ2n) is 4.44. The summed E-state index contributed by atoms with van der Waals surface area (Å²) in [7, 11) is 0. The quantitative estimate of drug-likeness (QED) is 0.657. The first-order valence-corrected chi connectivity index (χ1v) is 4.99. The number of hydrogen-bond donors (Lipinski definition) is 2. The van der Waals surface area contributed by atoms with Crippen molar-refractivity contribution in [1.82, 2.24) is 5.32 Å². The van der Waals surface area contributed by atoms with Gasteiger partial charge in [-0.05, 0) is 39.0 Å². The molecule has 1 aliphatic rings. The van der Waals surface area contributed by atoms with Crippen LogP contribution in [0.5, 0.6) is 0 Å². The molecule has 1 atom stereocenters. The molecule has 12 heavy (non-hydrogen) atoms. The topological polar surface area (TPSA) is 32.3 Å². The maximum atomic E-state index is 9.36. The Hall–Kier alpha value is -0.0800. The lowest BCUT2D eigenvalue weighted by atomic mass is 9.98. The summed E-state index contributed by atoms with van der Waals surface area (Å²) in [5.41, 5.74) is 0.232. The number of aliphatic hydroxyl groups excluding tert-OH is 1. The normalized spacial score (nSPS) is 21.0. The summed E-state index contributed by atoms with van der Waals surface area (Å²) < 4.78 is 0. The molecule has 2 nitrogen and oxygen atoms in total. The van der Waals surface area contributed by atoms with E-state index in [0.717, 1.165) is 18.9 Å². The van der Waals surface area contributed by atoms with Crippen molar-refractivity contribution < 1.29 is 5.11 Å². The highest BCUT2D eigenvalue weighted by Gasteiger charge is 2.37. The van der Waals surface area contributed by atoms with Gasteiger partial charge in [0.15, 0.2) is 0 Å². The van der Waals surface area contributed by atoms with Crippen LogP contribution in [0.2, 0.25) is 0 Å². The maximum absolute atomic E-state index is 9.36. The van der Waals surface area contributed by atoms with Gasteiger partial charge in [0.25, 0.3) is 0 Å². The van der Waals surface area contributed by atoms with E-state index < -0.39 is 0 Å². The molecule has 0 amide bonds. The van der Waals surface area contributed by atoms with Crippen LogP contribution in [0.25, 0.3) is 0 Å². The third-order valence-electron chi connectivity index (χ3n) is 2.86. The van der Waals surface area contributed by atoms with Crippen LogP contribution >= 0.6 is 0 Å². The van der Waals surface area contributed by atoms with Crippen molar-refractivity contribution in [3.63, 3.8) is 0 Å². The molecule has 0 aromatic heterocycles. The third-order valence-corrected chi connectivity index (χ3v) is 2.86. The first-order chi connectivity index (χ1) is 5.56. The Labute approximate surface area is 75.4 Å². The smallest absolute Gasteiger partial charge is 0.0662 e. The molecule has 1 unspecified atom stereocenters. The molecule has 0 bridgehead atoms. The summed E-state index contributed by atoms with van der Waals surface area (Å²) in [6, 6.07) is 0. The van der Waals surface area contributed by atoms with Gasteiger partial charge in [-0.2, -0.15) is 0 Å². The predicted molar refractivity (Wildman–Crippen MR) is 51.1 cm³/mol. The van der Waals surface area contributed by atoms with E-state index in [0.29, 0.717) is 0 Å². The fraction of sp³-hybridized carbons (Fsp3) is 1.00. The van der Waals surface area contributed by atoms with Crippen LogP contribution < -0.4 is 5.32 Å². The molecule has 0 spiro atoms. The molecule has 1 rings (SSSR count). The summed E-state index contributed by atoms with van der Waals surface area (Å²) >= 11 is 0. The highest BCUT2D eigenvalue weighted by atomic mass is 16.3. The zero-order chi connectivity index (χ0) is 9.19. The van der Waals surface area contributed by atoms with Crippen molar-refractivity contribution in [2.45, 2.75) is 51.7 Å². The number of rotatable bonds is 5. The Bertz CT molecular complexity index is 141. The molecular formula is C10H21NO. The van der Waals surface area contributed by atoms with Crippen molar-refractivity contribution in [3.05, 3.63) is 0 Å². The van der Waals surface area contributed by atoms with Gasteiger partial charge in [0.2, 0.25) is 0 Å². The largest absolute Gasteiger partial charge is 0.392 e. The minimum absolute atomic E-state index is 0.178. The van der Waals surface area contributed by atoms with Crippen LogP contribution in [0.4, 0.5) is 0 Å². The van der Waals surface area contributed by atoms with Crippen LogP contribution in [0.15, 0.2) is 0 Å². The molecule has 0 aromatic carbocycles. The Morgan fingerprint density at radius 1 is 1.50 bits per heavy atom. The van der Waals surface area contributed by atoms with Gasteiger partial charge < -0.3 is 10.4 Å². The van der Waals surface area contributed by atoms with Crippen molar-refractivity contribution in [2.24, 2.45) is 5.92 Å². The van der Waals surface area contributed by atoms with E-state index in [2.05, 4.69) is 19.2 Å². The molecule has 1 fully saturated rings. The van der Waals surface area contributed by atoms with Gasteiger partial charge in [-0.15, -0.1) is 0 Å². The fourth-order valence-corrected chi connectivity index (χ4v) is 1.47. The summed E-state index contributed by atoms with van der Waals surface area (Å²) in [4.78, 5) is 0. The average molecular weight is 171 g/mol. The summed E-state index contributed by atoms with van der Waals surface area (Å²) in [5.74, 6) is 0.835. The second-order valence-corrected chi connectivity index (χ2v) is 4.44.